The first-order valence-corrected chi connectivity index (χ1v) is 12.4. The van der Waals surface area contributed by atoms with Crippen molar-refractivity contribution in [2.24, 2.45) is 0 Å². The van der Waals surface area contributed by atoms with E-state index in [1.54, 1.807) is 8.93 Å². The Bertz CT molecular complexity index is 662. The summed E-state index contributed by atoms with van der Waals surface area (Å²) >= 11 is 2.27. The molecular formula is C21H26INO3S. The minimum absolute atomic E-state index is 0.538. The molecule has 0 unspecified atom stereocenters. The average molecular weight is 499 g/mol. The highest BCUT2D eigenvalue weighted by Gasteiger charge is 1.96. The fraction of sp³-hybridized carbons (Fsp3) is 0.333. The molecule has 0 fully saturated rings. The van der Waals surface area contributed by atoms with Crippen LogP contribution in [0, 0.1) is 0 Å². The number of nitrogens with one attached hydrogen (secondary N) is 1. The molecular weight excluding hydrogens is 473 g/mol. The fourth-order valence-corrected chi connectivity index (χ4v) is 2.98. The van der Waals surface area contributed by atoms with Gasteiger partial charge in [-0.25, -0.2) is 0 Å². The van der Waals surface area contributed by atoms with E-state index in [2.05, 4.69) is 62.9 Å². The van der Waals surface area contributed by atoms with Crippen molar-refractivity contribution in [3.8, 4) is 5.75 Å². The third-order valence-electron chi connectivity index (χ3n) is 3.72. The number of halogens is 1. The lowest BCUT2D eigenvalue weighted by Gasteiger charge is -2.08. The zero-order valence-electron chi connectivity index (χ0n) is 15.5. The third kappa shape index (κ3) is 9.51. The Balaban J connectivity index is 1.63. The molecule has 0 saturated carbocycles. The Labute approximate surface area is 178 Å². The van der Waals surface area contributed by atoms with Crippen molar-refractivity contribution in [3.63, 3.8) is 0 Å². The molecule has 0 aromatic heterocycles. The van der Waals surface area contributed by atoms with Gasteiger partial charge in [0.25, 0.3) is 0 Å². The van der Waals surface area contributed by atoms with E-state index in [9.17, 15) is 0 Å². The lowest BCUT2D eigenvalue weighted by Crippen LogP contribution is -2.11. The van der Waals surface area contributed by atoms with Gasteiger partial charge in [-0.2, -0.15) is 0 Å². The summed E-state index contributed by atoms with van der Waals surface area (Å²) in [6.07, 6.45) is 4.20. The first kappa shape index (κ1) is 22.1. The quantitative estimate of drug-likeness (QED) is 0.227. The van der Waals surface area contributed by atoms with Crippen LogP contribution in [0.3, 0.4) is 0 Å². The van der Waals surface area contributed by atoms with Crippen molar-refractivity contribution in [2.75, 3.05) is 51.2 Å². The van der Waals surface area contributed by atoms with E-state index in [0.29, 0.717) is 26.4 Å². The number of benzene rings is 2. The highest BCUT2D eigenvalue weighted by Crippen LogP contribution is 2.15. The molecule has 0 bridgehead atoms. The Morgan fingerprint density at radius 3 is 1.96 bits per heavy atom. The standard InChI is InChI=1S/C21H26INO3S/c1-23-20-8-4-18(5-9-20)2-3-19-6-10-21(11-7-19)26-15-14-24-12-13-25-16-17-27-22/h2-11,23H,12-17H2,1H3/b3-2+. The zero-order chi connectivity index (χ0) is 19.2. The van der Waals surface area contributed by atoms with Gasteiger partial charge in [0, 0.05) is 18.5 Å². The summed E-state index contributed by atoms with van der Waals surface area (Å²) in [6.45, 7) is 3.12. The van der Waals surface area contributed by atoms with E-state index in [1.165, 1.54) is 5.56 Å². The Morgan fingerprint density at radius 2 is 1.37 bits per heavy atom. The predicted molar refractivity (Wildman–Crippen MR) is 125 cm³/mol. The first-order valence-electron chi connectivity index (χ1n) is 8.89. The van der Waals surface area contributed by atoms with E-state index in [-0.39, 0.29) is 0 Å². The number of hydrogen-bond acceptors (Lipinski definition) is 5. The normalized spacial score (nSPS) is 11.0. The van der Waals surface area contributed by atoms with Crippen LogP contribution < -0.4 is 10.1 Å². The van der Waals surface area contributed by atoms with Gasteiger partial charge in [-0.3, -0.25) is 0 Å². The smallest absolute Gasteiger partial charge is 0.119 e. The number of rotatable bonds is 13. The molecule has 0 radical (unpaired) electrons. The molecule has 0 heterocycles. The largest absolute Gasteiger partial charge is 0.491 e. The van der Waals surface area contributed by atoms with Crippen LogP contribution in [-0.2, 0) is 9.47 Å². The molecule has 27 heavy (non-hydrogen) atoms. The molecule has 0 aliphatic rings. The van der Waals surface area contributed by atoms with Gasteiger partial charge in [0.2, 0.25) is 0 Å². The van der Waals surface area contributed by atoms with Crippen molar-refractivity contribution in [2.45, 2.75) is 0 Å². The third-order valence-corrected chi connectivity index (χ3v) is 5.36. The van der Waals surface area contributed by atoms with Crippen LogP contribution in [0.15, 0.2) is 48.5 Å². The molecule has 6 heteroatoms. The summed E-state index contributed by atoms with van der Waals surface area (Å²) < 4.78 is 16.6. The van der Waals surface area contributed by atoms with Crippen LogP contribution in [-0.4, -0.2) is 45.8 Å². The van der Waals surface area contributed by atoms with Gasteiger partial charge in [0.1, 0.15) is 12.4 Å². The van der Waals surface area contributed by atoms with E-state index < -0.39 is 0 Å². The number of hydrogen-bond donors (Lipinski definition) is 1. The van der Waals surface area contributed by atoms with Gasteiger partial charge < -0.3 is 19.5 Å². The maximum Gasteiger partial charge on any atom is 0.119 e. The maximum absolute atomic E-state index is 5.69. The second-order valence-corrected chi connectivity index (χ2v) is 8.16. The Hall–Kier alpha value is -1.22. The predicted octanol–water partition coefficient (Wildman–Crippen LogP) is 5.39. The van der Waals surface area contributed by atoms with E-state index in [1.807, 2.05) is 31.3 Å². The molecule has 0 saturated heterocycles. The second-order valence-electron chi connectivity index (χ2n) is 5.66. The highest BCUT2D eigenvalue weighted by molar-refractivity contribution is 14.2. The molecule has 0 aliphatic heterocycles. The number of anilines is 1. The molecule has 1 N–H and O–H groups in total. The van der Waals surface area contributed by atoms with Crippen LogP contribution in [0.1, 0.15) is 11.1 Å². The molecule has 0 atom stereocenters. The fourth-order valence-electron chi connectivity index (χ4n) is 2.26. The summed E-state index contributed by atoms with van der Waals surface area (Å²) in [7, 11) is 3.67. The van der Waals surface area contributed by atoms with Gasteiger partial charge in [0.05, 0.1) is 26.4 Å². The number of ether oxygens (including phenoxy) is 3. The lowest BCUT2D eigenvalue weighted by molar-refractivity contribution is 0.0413. The van der Waals surface area contributed by atoms with Gasteiger partial charge in [0.15, 0.2) is 0 Å². The van der Waals surface area contributed by atoms with Gasteiger partial charge in [-0.15, -0.1) is 0 Å². The zero-order valence-corrected chi connectivity index (χ0v) is 18.5. The summed E-state index contributed by atoms with van der Waals surface area (Å²) in [5, 5.41) is 3.12. The van der Waals surface area contributed by atoms with Gasteiger partial charge in [-0.1, -0.05) is 45.4 Å². The van der Waals surface area contributed by atoms with Crippen molar-refractivity contribution in [1.82, 2.24) is 0 Å². The molecule has 0 amide bonds. The summed E-state index contributed by atoms with van der Waals surface area (Å²) in [4.78, 5) is 0. The summed E-state index contributed by atoms with van der Waals surface area (Å²) in [6, 6.07) is 16.4. The van der Waals surface area contributed by atoms with Crippen LogP contribution in [0.2, 0.25) is 0 Å². The Kier molecular flexibility index (Phi) is 11.3. The Morgan fingerprint density at radius 1 is 0.815 bits per heavy atom. The van der Waals surface area contributed by atoms with Gasteiger partial charge >= 0.3 is 0 Å². The topological polar surface area (TPSA) is 39.7 Å². The molecule has 146 valence electrons. The molecule has 0 spiro atoms. The minimum atomic E-state index is 0.538. The van der Waals surface area contributed by atoms with Crippen molar-refractivity contribution in [3.05, 3.63) is 59.7 Å². The SMILES string of the molecule is CNc1ccc(/C=C/c2ccc(OCCOCCOCCSI)cc2)cc1. The average Bonchev–Trinajstić information content (AvgIpc) is 2.72. The summed E-state index contributed by atoms with van der Waals surface area (Å²) in [5.74, 6) is 1.86. The maximum atomic E-state index is 5.69. The van der Waals surface area contributed by atoms with Crippen molar-refractivity contribution in [1.29, 1.82) is 0 Å². The van der Waals surface area contributed by atoms with Crippen LogP contribution >= 0.6 is 30.1 Å². The second kappa shape index (κ2) is 13.9. The van der Waals surface area contributed by atoms with Crippen LogP contribution in [0.4, 0.5) is 5.69 Å². The first-order chi connectivity index (χ1) is 13.3. The molecule has 4 nitrogen and oxygen atoms in total. The van der Waals surface area contributed by atoms with Crippen LogP contribution in [0.5, 0.6) is 5.75 Å². The highest BCUT2D eigenvalue weighted by atomic mass is 127. The van der Waals surface area contributed by atoms with Crippen molar-refractivity contribution >= 4 is 48.0 Å². The van der Waals surface area contributed by atoms with E-state index >= 15 is 0 Å². The monoisotopic (exact) mass is 499 g/mol. The van der Waals surface area contributed by atoms with Crippen LogP contribution in [0.25, 0.3) is 12.2 Å². The van der Waals surface area contributed by atoms with Gasteiger partial charge in [-0.05, 0) is 56.6 Å². The van der Waals surface area contributed by atoms with E-state index in [4.69, 9.17) is 14.2 Å². The molecule has 2 aromatic carbocycles. The van der Waals surface area contributed by atoms with Crippen molar-refractivity contribution < 1.29 is 14.2 Å². The molecule has 0 aliphatic carbocycles. The summed E-state index contributed by atoms with van der Waals surface area (Å²) in [5.41, 5.74) is 3.42. The molecule has 2 aromatic rings. The molecule has 2 rings (SSSR count). The minimum Gasteiger partial charge on any atom is -0.491 e. The van der Waals surface area contributed by atoms with E-state index in [0.717, 1.165) is 29.4 Å². The lowest BCUT2D eigenvalue weighted by atomic mass is 10.1.